The first-order valence-corrected chi connectivity index (χ1v) is 12.4. The number of imidazole rings is 1. The van der Waals surface area contributed by atoms with Crippen LogP contribution < -0.4 is 20.5 Å². The van der Waals surface area contributed by atoms with Crippen molar-refractivity contribution in [2.24, 2.45) is 7.05 Å². The second-order valence-electron chi connectivity index (χ2n) is 9.39. The Bertz CT molecular complexity index is 1210. The number of hydrogen-bond acceptors (Lipinski definition) is 7. The van der Waals surface area contributed by atoms with Crippen molar-refractivity contribution in [1.29, 1.82) is 0 Å². The first-order chi connectivity index (χ1) is 16.5. The minimum absolute atomic E-state index is 0.0289. The Morgan fingerprint density at radius 1 is 1.12 bits per heavy atom. The SMILES string of the molecule is CCOc1cc(OC2CCN(C)CC2)ccc1Nc1ncc2c(n1)n(C1CCCC1)c(=O)n2C. The minimum Gasteiger partial charge on any atom is -0.492 e. The summed E-state index contributed by atoms with van der Waals surface area (Å²) in [5, 5.41) is 3.30. The molecule has 0 unspecified atom stereocenters. The van der Waals surface area contributed by atoms with Crippen LogP contribution in [-0.4, -0.2) is 56.9 Å². The number of fused-ring (bicyclic) bond motifs is 1. The minimum atomic E-state index is -0.0289. The highest BCUT2D eigenvalue weighted by atomic mass is 16.5. The van der Waals surface area contributed by atoms with E-state index in [0.717, 1.165) is 68.6 Å². The molecule has 2 aromatic heterocycles. The van der Waals surface area contributed by atoms with E-state index in [1.165, 1.54) is 0 Å². The van der Waals surface area contributed by atoms with Gasteiger partial charge in [-0.25, -0.2) is 9.78 Å². The second kappa shape index (κ2) is 9.66. The van der Waals surface area contributed by atoms with Crippen molar-refractivity contribution in [3.63, 3.8) is 0 Å². The Balaban J connectivity index is 1.41. The van der Waals surface area contributed by atoms with E-state index in [1.54, 1.807) is 17.8 Å². The largest absolute Gasteiger partial charge is 0.492 e. The van der Waals surface area contributed by atoms with E-state index in [4.69, 9.17) is 14.5 Å². The third-order valence-electron chi connectivity index (χ3n) is 6.99. The summed E-state index contributed by atoms with van der Waals surface area (Å²) in [5.74, 6) is 1.94. The molecule has 0 spiro atoms. The van der Waals surface area contributed by atoms with Crippen LogP contribution in [0.25, 0.3) is 11.2 Å². The third kappa shape index (κ3) is 4.49. The Hall–Kier alpha value is -3.07. The molecule has 0 amide bonds. The molecule has 3 aromatic rings. The molecule has 182 valence electrons. The Labute approximate surface area is 199 Å². The third-order valence-corrected chi connectivity index (χ3v) is 6.99. The highest BCUT2D eigenvalue weighted by Crippen LogP contribution is 2.34. The molecule has 5 rings (SSSR count). The maximum atomic E-state index is 12.9. The normalized spacial score (nSPS) is 18.0. The zero-order valence-corrected chi connectivity index (χ0v) is 20.3. The van der Waals surface area contributed by atoms with Crippen LogP contribution >= 0.6 is 0 Å². The fourth-order valence-corrected chi connectivity index (χ4v) is 5.06. The van der Waals surface area contributed by atoms with Crippen LogP contribution in [0.2, 0.25) is 0 Å². The summed E-state index contributed by atoms with van der Waals surface area (Å²) in [7, 11) is 3.93. The molecule has 1 aromatic carbocycles. The molecular formula is C25H34N6O3. The van der Waals surface area contributed by atoms with E-state index in [1.807, 2.05) is 29.7 Å². The predicted molar refractivity (Wildman–Crippen MR) is 132 cm³/mol. The van der Waals surface area contributed by atoms with Crippen molar-refractivity contribution in [3.8, 4) is 11.5 Å². The van der Waals surface area contributed by atoms with Crippen molar-refractivity contribution in [1.82, 2.24) is 24.0 Å². The molecule has 1 N–H and O–H groups in total. The summed E-state index contributed by atoms with van der Waals surface area (Å²) in [6, 6.07) is 6.03. The number of anilines is 2. The van der Waals surface area contributed by atoms with Crippen LogP contribution in [0.3, 0.4) is 0 Å². The molecule has 1 saturated carbocycles. The van der Waals surface area contributed by atoms with Crippen LogP contribution in [0.4, 0.5) is 11.6 Å². The number of hydrogen-bond donors (Lipinski definition) is 1. The second-order valence-corrected chi connectivity index (χ2v) is 9.39. The van der Waals surface area contributed by atoms with Crippen molar-refractivity contribution in [2.45, 2.75) is 57.6 Å². The number of nitrogens with zero attached hydrogens (tertiary/aromatic N) is 5. The van der Waals surface area contributed by atoms with Gasteiger partial charge < -0.3 is 19.7 Å². The van der Waals surface area contributed by atoms with E-state index in [2.05, 4.69) is 22.2 Å². The lowest BCUT2D eigenvalue weighted by Crippen LogP contribution is -2.35. The molecule has 2 fully saturated rings. The number of aromatic nitrogens is 4. The Kier molecular flexibility index (Phi) is 6.45. The molecular weight excluding hydrogens is 432 g/mol. The molecule has 0 bridgehead atoms. The van der Waals surface area contributed by atoms with Gasteiger partial charge in [-0.2, -0.15) is 4.98 Å². The van der Waals surface area contributed by atoms with Gasteiger partial charge in [0.2, 0.25) is 5.95 Å². The van der Waals surface area contributed by atoms with E-state index < -0.39 is 0 Å². The lowest BCUT2D eigenvalue weighted by atomic mass is 10.1. The average molecular weight is 467 g/mol. The van der Waals surface area contributed by atoms with Crippen LogP contribution in [-0.2, 0) is 7.05 Å². The molecule has 1 saturated heterocycles. The first-order valence-electron chi connectivity index (χ1n) is 12.4. The van der Waals surface area contributed by atoms with Crippen LogP contribution in [0.1, 0.15) is 51.5 Å². The van der Waals surface area contributed by atoms with E-state index >= 15 is 0 Å². The number of benzene rings is 1. The lowest BCUT2D eigenvalue weighted by molar-refractivity contribution is 0.114. The van der Waals surface area contributed by atoms with E-state index in [-0.39, 0.29) is 17.8 Å². The quantitative estimate of drug-likeness (QED) is 0.566. The van der Waals surface area contributed by atoms with Gasteiger partial charge in [-0.05, 0) is 51.8 Å². The summed E-state index contributed by atoms with van der Waals surface area (Å²) >= 11 is 0. The lowest BCUT2D eigenvalue weighted by Gasteiger charge is -2.29. The topological polar surface area (TPSA) is 86.4 Å². The number of likely N-dealkylation sites (tertiary alicyclic amines) is 1. The molecule has 2 aliphatic rings. The molecule has 0 atom stereocenters. The summed E-state index contributed by atoms with van der Waals surface area (Å²) < 4.78 is 15.6. The smallest absolute Gasteiger partial charge is 0.330 e. The van der Waals surface area contributed by atoms with Gasteiger partial charge in [-0.1, -0.05) is 12.8 Å². The standard InChI is InChI=1S/C25H34N6O3/c1-4-33-22-15-19(34-18-11-13-29(2)14-12-18)9-10-20(22)27-24-26-16-21-23(28-24)31(25(32)30(21)3)17-7-5-6-8-17/h9-10,15-18H,4-8,11-14H2,1-3H3,(H,26,27,28). The molecule has 0 radical (unpaired) electrons. The van der Waals surface area contributed by atoms with Gasteiger partial charge in [-0.3, -0.25) is 9.13 Å². The molecule has 3 heterocycles. The summed E-state index contributed by atoms with van der Waals surface area (Å²) in [5.41, 5.74) is 2.16. The number of rotatable bonds is 7. The molecule has 1 aliphatic heterocycles. The number of aryl methyl sites for hydroxylation is 1. The molecule has 9 nitrogen and oxygen atoms in total. The van der Waals surface area contributed by atoms with Gasteiger partial charge in [0, 0.05) is 32.2 Å². The van der Waals surface area contributed by atoms with Gasteiger partial charge in [-0.15, -0.1) is 0 Å². The summed E-state index contributed by atoms with van der Waals surface area (Å²) in [6.45, 7) is 4.59. The average Bonchev–Trinajstić information content (AvgIpc) is 3.44. The highest BCUT2D eigenvalue weighted by molar-refractivity contribution is 5.74. The van der Waals surface area contributed by atoms with E-state index in [0.29, 0.717) is 24.0 Å². The zero-order valence-electron chi connectivity index (χ0n) is 20.3. The van der Waals surface area contributed by atoms with Gasteiger partial charge >= 0.3 is 5.69 Å². The molecule has 1 aliphatic carbocycles. The fourth-order valence-electron chi connectivity index (χ4n) is 5.06. The highest BCUT2D eigenvalue weighted by Gasteiger charge is 2.24. The zero-order chi connectivity index (χ0) is 23.7. The monoisotopic (exact) mass is 466 g/mol. The van der Waals surface area contributed by atoms with E-state index in [9.17, 15) is 4.79 Å². The molecule has 9 heteroatoms. The number of piperidine rings is 1. The van der Waals surface area contributed by atoms with Crippen LogP contribution in [0.5, 0.6) is 11.5 Å². The van der Waals surface area contributed by atoms with Crippen LogP contribution in [0, 0.1) is 0 Å². The first kappa shape index (κ1) is 22.7. The van der Waals surface area contributed by atoms with Gasteiger partial charge in [0.15, 0.2) is 5.65 Å². The van der Waals surface area contributed by atoms with Crippen molar-refractivity contribution in [2.75, 3.05) is 32.1 Å². The molecule has 34 heavy (non-hydrogen) atoms. The van der Waals surface area contributed by atoms with Crippen molar-refractivity contribution < 1.29 is 9.47 Å². The maximum absolute atomic E-state index is 12.9. The number of ether oxygens (including phenoxy) is 2. The Morgan fingerprint density at radius 3 is 2.62 bits per heavy atom. The summed E-state index contributed by atoms with van der Waals surface area (Å²) in [4.78, 5) is 24.5. The van der Waals surface area contributed by atoms with Gasteiger partial charge in [0.1, 0.15) is 23.1 Å². The van der Waals surface area contributed by atoms with Crippen molar-refractivity contribution >= 4 is 22.8 Å². The van der Waals surface area contributed by atoms with Gasteiger partial charge in [0.25, 0.3) is 0 Å². The maximum Gasteiger partial charge on any atom is 0.330 e. The summed E-state index contributed by atoms with van der Waals surface area (Å²) in [6.07, 6.45) is 8.30. The fraction of sp³-hybridized carbons (Fsp3) is 0.560. The van der Waals surface area contributed by atoms with Gasteiger partial charge in [0.05, 0.1) is 18.5 Å². The van der Waals surface area contributed by atoms with Crippen molar-refractivity contribution in [3.05, 3.63) is 34.9 Å². The number of nitrogens with one attached hydrogen (secondary N) is 1. The predicted octanol–water partition coefficient (Wildman–Crippen LogP) is 3.86. The van der Waals surface area contributed by atoms with Crippen LogP contribution in [0.15, 0.2) is 29.2 Å². The Morgan fingerprint density at radius 2 is 1.88 bits per heavy atom.